The Morgan fingerprint density at radius 3 is 2.45 bits per heavy atom. The Labute approximate surface area is 179 Å². The normalized spacial score (nSPS) is 10.9. The van der Waals surface area contributed by atoms with Crippen LogP contribution in [-0.4, -0.2) is 25.1 Å². The first kappa shape index (κ1) is 20.3. The zero-order chi connectivity index (χ0) is 21.8. The Morgan fingerprint density at radius 2 is 1.77 bits per heavy atom. The number of carbonyl (C=O) groups excluding carboxylic acids is 1. The van der Waals surface area contributed by atoms with E-state index in [0.717, 1.165) is 11.1 Å². The average molecular weight is 413 g/mol. The zero-order valence-corrected chi connectivity index (χ0v) is 17.3. The molecular formula is C24H23N5O2. The molecule has 0 unspecified atom stereocenters. The van der Waals surface area contributed by atoms with Gasteiger partial charge in [-0.2, -0.15) is 9.50 Å². The minimum absolute atomic E-state index is 0.0366. The first-order valence-electron chi connectivity index (χ1n) is 10.0. The van der Waals surface area contributed by atoms with Crippen molar-refractivity contribution in [3.8, 4) is 11.4 Å². The van der Waals surface area contributed by atoms with Crippen molar-refractivity contribution in [1.29, 1.82) is 0 Å². The van der Waals surface area contributed by atoms with Crippen LogP contribution < -0.4 is 10.9 Å². The first-order chi connectivity index (χ1) is 15.1. The molecule has 156 valence electrons. The molecule has 0 saturated carbocycles. The number of fused-ring (bicyclic) bond motifs is 1. The number of hydrogen-bond acceptors (Lipinski definition) is 4. The largest absolute Gasteiger partial charge is 0.352 e. The van der Waals surface area contributed by atoms with Gasteiger partial charge in [0.25, 0.3) is 5.56 Å². The summed E-state index contributed by atoms with van der Waals surface area (Å²) in [5.41, 5.74) is 2.55. The number of aromatic nitrogens is 4. The van der Waals surface area contributed by atoms with Crippen LogP contribution in [-0.2, 0) is 24.3 Å². The molecule has 0 aliphatic rings. The summed E-state index contributed by atoms with van der Waals surface area (Å²) in [6.45, 7) is 6.48. The smallest absolute Gasteiger partial charge is 0.279 e. The standard InChI is InChI=1S/C24H23N5O2/c1-3-14-28-17(2)20(15-21(30)25-16-18-10-6-4-7-11-18)23(31)29-24(28)26-22(27-29)19-12-8-5-9-13-19/h3-13H,1,14-16H2,2H3,(H,25,30). The van der Waals surface area contributed by atoms with Gasteiger partial charge in [0.1, 0.15) is 0 Å². The van der Waals surface area contributed by atoms with Crippen LogP contribution in [0.2, 0.25) is 0 Å². The second-order valence-electron chi connectivity index (χ2n) is 7.22. The molecule has 0 atom stereocenters. The van der Waals surface area contributed by atoms with Gasteiger partial charge in [-0.25, -0.2) is 0 Å². The molecule has 4 rings (SSSR count). The number of nitrogens with one attached hydrogen (secondary N) is 1. The SMILES string of the molecule is C=CCn1c(C)c(CC(=O)NCc2ccccc2)c(=O)n2nc(-c3ccccc3)nc12. The third kappa shape index (κ3) is 4.16. The van der Waals surface area contributed by atoms with Crippen molar-refractivity contribution >= 4 is 11.7 Å². The summed E-state index contributed by atoms with van der Waals surface area (Å²) in [6.07, 6.45) is 1.69. The van der Waals surface area contributed by atoms with Crippen molar-refractivity contribution < 1.29 is 4.79 Å². The second kappa shape index (κ2) is 8.79. The van der Waals surface area contributed by atoms with Gasteiger partial charge in [-0.05, 0) is 12.5 Å². The number of carbonyl (C=O) groups is 1. The summed E-state index contributed by atoms with van der Waals surface area (Å²) < 4.78 is 3.13. The van der Waals surface area contributed by atoms with Crippen LogP contribution in [0.4, 0.5) is 0 Å². The van der Waals surface area contributed by atoms with Crippen LogP contribution in [0.5, 0.6) is 0 Å². The van der Waals surface area contributed by atoms with Gasteiger partial charge in [0.15, 0.2) is 5.82 Å². The predicted octanol–water partition coefficient (Wildman–Crippen LogP) is 2.91. The van der Waals surface area contributed by atoms with E-state index in [-0.39, 0.29) is 17.9 Å². The Balaban J connectivity index is 1.70. The van der Waals surface area contributed by atoms with Crippen molar-refractivity contribution in [2.75, 3.05) is 0 Å². The molecule has 0 bridgehead atoms. The van der Waals surface area contributed by atoms with Gasteiger partial charge in [0.05, 0.1) is 6.42 Å². The van der Waals surface area contributed by atoms with Crippen molar-refractivity contribution in [2.24, 2.45) is 0 Å². The monoisotopic (exact) mass is 413 g/mol. The fourth-order valence-electron chi connectivity index (χ4n) is 3.49. The highest BCUT2D eigenvalue weighted by atomic mass is 16.2. The molecule has 0 radical (unpaired) electrons. The number of rotatable bonds is 7. The molecule has 2 aromatic carbocycles. The molecule has 1 amide bonds. The molecule has 0 aliphatic heterocycles. The van der Waals surface area contributed by atoms with E-state index < -0.39 is 0 Å². The maximum absolute atomic E-state index is 13.2. The third-order valence-corrected chi connectivity index (χ3v) is 5.14. The number of hydrogen-bond donors (Lipinski definition) is 1. The summed E-state index contributed by atoms with van der Waals surface area (Å²) in [6, 6.07) is 19.1. The molecule has 0 aliphatic carbocycles. The highest BCUT2D eigenvalue weighted by Crippen LogP contribution is 2.17. The van der Waals surface area contributed by atoms with Crippen LogP contribution >= 0.6 is 0 Å². The number of benzene rings is 2. The lowest BCUT2D eigenvalue weighted by Crippen LogP contribution is -2.32. The lowest BCUT2D eigenvalue weighted by Gasteiger charge is -2.14. The summed E-state index contributed by atoms with van der Waals surface area (Å²) >= 11 is 0. The molecule has 2 aromatic heterocycles. The van der Waals surface area contributed by atoms with Gasteiger partial charge in [-0.15, -0.1) is 11.7 Å². The average Bonchev–Trinajstić information content (AvgIpc) is 3.25. The van der Waals surface area contributed by atoms with Crippen molar-refractivity contribution in [3.63, 3.8) is 0 Å². The quantitative estimate of drug-likeness (QED) is 0.473. The van der Waals surface area contributed by atoms with Crippen LogP contribution in [0, 0.1) is 6.92 Å². The lowest BCUT2D eigenvalue weighted by atomic mass is 10.1. The Morgan fingerprint density at radius 1 is 1.10 bits per heavy atom. The molecule has 0 spiro atoms. The molecule has 1 N–H and O–H groups in total. The number of amides is 1. The van der Waals surface area contributed by atoms with Gasteiger partial charge in [0, 0.05) is 29.9 Å². The van der Waals surface area contributed by atoms with Crippen LogP contribution in [0.25, 0.3) is 17.2 Å². The molecule has 7 heteroatoms. The van der Waals surface area contributed by atoms with E-state index in [1.165, 1.54) is 4.52 Å². The Hall–Kier alpha value is -4.00. The van der Waals surface area contributed by atoms with E-state index in [1.807, 2.05) is 72.2 Å². The Kier molecular flexibility index (Phi) is 5.75. The molecule has 7 nitrogen and oxygen atoms in total. The molecule has 31 heavy (non-hydrogen) atoms. The number of nitrogens with zero attached hydrogens (tertiary/aromatic N) is 4. The van der Waals surface area contributed by atoms with Crippen molar-refractivity contribution in [3.05, 3.63) is 100 Å². The summed E-state index contributed by atoms with van der Waals surface area (Å²) in [5.74, 6) is 0.659. The number of allylic oxidation sites excluding steroid dienone is 1. The van der Waals surface area contributed by atoms with Gasteiger partial charge in [-0.3, -0.25) is 9.59 Å². The van der Waals surface area contributed by atoms with E-state index >= 15 is 0 Å². The van der Waals surface area contributed by atoms with E-state index in [1.54, 1.807) is 6.08 Å². The molecule has 0 saturated heterocycles. The predicted molar refractivity (Wildman–Crippen MR) is 120 cm³/mol. The zero-order valence-electron chi connectivity index (χ0n) is 17.3. The van der Waals surface area contributed by atoms with Crippen LogP contribution in [0.15, 0.2) is 78.1 Å². The maximum atomic E-state index is 13.2. The van der Waals surface area contributed by atoms with Gasteiger partial charge < -0.3 is 9.88 Å². The molecular weight excluding hydrogens is 390 g/mol. The third-order valence-electron chi connectivity index (χ3n) is 5.14. The van der Waals surface area contributed by atoms with Crippen LogP contribution in [0.1, 0.15) is 16.8 Å². The topological polar surface area (TPSA) is 81.3 Å². The fraction of sp³-hybridized carbons (Fsp3) is 0.167. The summed E-state index contributed by atoms with van der Waals surface area (Å²) in [4.78, 5) is 30.4. The minimum Gasteiger partial charge on any atom is -0.352 e. The van der Waals surface area contributed by atoms with Gasteiger partial charge in [-0.1, -0.05) is 66.7 Å². The minimum atomic E-state index is -0.336. The van der Waals surface area contributed by atoms with E-state index in [4.69, 9.17) is 0 Å². The van der Waals surface area contributed by atoms with Crippen LogP contribution in [0.3, 0.4) is 0 Å². The highest BCUT2D eigenvalue weighted by molar-refractivity contribution is 5.78. The van der Waals surface area contributed by atoms with E-state index in [2.05, 4.69) is 22.0 Å². The van der Waals surface area contributed by atoms with Crippen molar-refractivity contribution in [1.82, 2.24) is 24.5 Å². The molecule has 2 heterocycles. The second-order valence-corrected chi connectivity index (χ2v) is 7.22. The van der Waals surface area contributed by atoms with E-state index in [9.17, 15) is 9.59 Å². The Bertz CT molecular complexity index is 1290. The summed E-state index contributed by atoms with van der Waals surface area (Å²) in [5, 5.41) is 7.31. The molecule has 4 aromatic rings. The lowest BCUT2D eigenvalue weighted by molar-refractivity contribution is -0.120. The fourth-order valence-corrected chi connectivity index (χ4v) is 3.49. The maximum Gasteiger partial charge on any atom is 0.279 e. The highest BCUT2D eigenvalue weighted by Gasteiger charge is 2.20. The molecule has 0 fully saturated rings. The van der Waals surface area contributed by atoms with Gasteiger partial charge in [0.2, 0.25) is 11.7 Å². The van der Waals surface area contributed by atoms with Crippen molar-refractivity contribution in [2.45, 2.75) is 26.4 Å². The van der Waals surface area contributed by atoms with E-state index in [0.29, 0.717) is 35.9 Å². The van der Waals surface area contributed by atoms with Gasteiger partial charge >= 0.3 is 0 Å². The summed E-state index contributed by atoms with van der Waals surface area (Å²) in [7, 11) is 0. The first-order valence-corrected chi connectivity index (χ1v) is 10.0.